The van der Waals surface area contributed by atoms with Crippen LogP contribution in [0.1, 0.15) is 47.3 Å². The normalized spacial score (nSPS) is 22.0. The Morgan fingerprint density at radius 2 is 2.00 bits per heavy atom. The third kappa shape index (κ3) is 2.88. The monoisotopic (exact) mass is 300 g/mol. The predicted octanol–water partition coefficient (Wildman–Crippen LogP) is 3.07. The molecule has 4 nitrogen and oxygen atoms in total. The Bertz CT molecular complexity index is 682. The van der Waals surface area contributed by atoms with E-state index in [-0.39, 0.29) is 18.6 Å². The van der Waals surface area contributed by atoms with Crippen molar-refractivity contribution in [2.75, 3.05) is 6.61 Å². The van der Waals surface area contributed by atoms with Gasteiger partial charge in [-0.3, -0.25) is 4.79 Å². The van der Waals surface area contributed by atoms with Gasteiger partial charge in [-0.05, 0) is 68.7 Å². The number of carbonyl (C=O) groups excluding carboxylic acids is 1. The van der Waals surface area contributed by atoms with Gasteiger partial charge in [0.1, 0.15) is 5.69 Å². The first-order valence-corrected chi connectivity index (χ1v) is 8.09. The van der Waals surface area contributed by atoms with Crippen LogP contribution >= 0.6 is 0 Å². The van der Waals surface area contributed by atoms with Crippen LogP contribution in [0.5, 0.6) is 0 Å². The minimum absolute atomic E-state index is 0.0271. The van der Waals surface area contributed by atoms with E-state index < -0.39 is 0 Å². The van der Waals surface area contributed by atoms with Crippen molar-refractivity contribution in [1.29, 1.82) is 0 Å². The van der Waals surface area contributed by atoms with Gasteiger partial charge in [0.05, 0.1) is 0 Å². The molecule has 1 amide bonds. The number of benzene rings is 1. The van der Waals surface area contributed by atoms with Gasteiger partial charge in [0.15, 0.2) is 0 Å². The number of aliphatic hydroxyl groups is 1. The summed E-state index contributed by atoms with van der Waals surface area (Å²) >= 11 is 0. The van der Waals surface area contributed by atoms with Crippen molar-refractivity contribution < 1.29 is 9.90 Å². The van der Waals surface area contributed by atoms with E-state index in [0.717, 1.165) is 36.6 Å². The van der Waals surface area contributed by atoms with Crippen molar-refractivity contribution in [2.45, 2.75) is 45.6 Å². The van der Waals surface area contributed by atoms with Crippen LogP contribution < -0.4 is 5.32 Å². The zero-order chi connectivity index (χ0) is 15.7. The van der Waals surface area contributed by atoms with Gasteiger partial charge in [0.25, 0.3) is 5.91 Å². The molecule has 0 spiro atoms. The first-order valence-electron chi connectivity index (χ1n) is 8.09. The number of H-pyrrole nitrogens is 1. The number of aromatic nitrogens is 1. The maximum Gasteiger partial charge on any atom is 0.267 e. The lowest BCUT2D eigenvalue weighted by molar-refractivity contribution is 0.0910. The molecule has 0 bridgehead atoms. The number of fused-ring (bicyclic) bond motifs is 1. The molecule has 3 N–H and O–H groups in total. The molecule has 3 rings (SSSR count). The van der Waals surface area contributed by atoms with Crippen molar-refractivity contribution in [3.05, 3.63) is 35.0 Å². The topological polar surface area (TPSA) is 65.1 Å². The van der Waals surface area contributed by atoms with Crippen molar-refractivity contribution in [3.8, 4) is 0 Å². The van der Waals surface area contributed by atoms with E-state index in [1.807, 2.05) is 12.1 Å². The standard InChI is InChI=1S/C18H24N2O2/c1-11-3-8-16-15(12(11)2)9-17(20-16)18(22)19-14-6-4-13(10-21)5-7-14/h3,8-9,13-14,20-21H,4-7,10H2,1-2H3,(H,19,22). The summed E-state index contributed by atoms with van der Waals surface area (Å²) in [5.74, 6) is 0.382. The predicted molar refractivity (Wildman–Crippen MR) is 88.1 cm³/mol. The van der Waals surface area contributed by atoms with Crippen LogP contribution in [0, 0.1) is 19.8 Å². The summed E-state index contributed by atoms with van der Waals surface area (Å²) in [7, 11) is 0. The summed E-state index contributed by atoms with van der Waals surface area (Å²) in [6, 6.07) is 6.28. The smallest absolute Gasteiger partial charge is 0.267 e. The molecule has 4 heteroatoms. The third-order valence-electron chi connectivity index (χ3n) is 5.03. The highest BCUT2D eigenvalue weighted by molar-refractivity contribution is 5.99. The van der Waals surface area contributed by atoms with E-state index in [9.17, 15) is 9.90 Å². The minimum Gasteiger partial charge on any atom is -0.396 e. The molecule has 0 unspecified atom stereocenters. The van der Waals surface area contributed by atoms with E-state index in [4.69, 9.17) is 0 Å². The largest absolute Gasteiger partial charge is 0.396 e. The van der Waals surface area contributed by atoms with Crippen LogP contribution in [0.4, 0.5) is 0 Å². The van der Waals surface area contributed by atoms with Gasteiger partial charge in [-0.2, -0.15) is 0 Å². The van der Waals surface area contributed by atoms with Crippen molar-refractivity contribution >= 4 is 16.8 Å². The Kier molecular flexibility index (Phi) is 4.21. The number of carbonyl (C=O) groups is 1. The van der Waals surface area contributed by atoms with Gasteiger partial charge in [0.2, 0.25) is 0 Å². The molecule has 1 heterocycles. The summed E-state index contributed by atoms with van der Waals surface area (Å²) in [6.07, 6.45) is 3.89. The lowest BCUT2D eigenvalue weighted by Gasteiger charge is -2.27. The first-order chi connectivity index (χ1) is 10.6. The second kappa shape index (κ2) is 6.13. The molecule has 1 saturated carbocycles. The summed E-state index contributed by atoms with van der Waals surface area (Å²) in [5, 5.41) is 13.4. The number of amides is 1. The van der Waals surface area contributed by atoms with Crippen LogP contribution in [0.3, 0.4) is 0 Å². The molecular weight excluding hydrogens is 276 g/mol. The van der Waals surface area contributed by atoms with E-state index in [0.29, 0.717) is 11.6 Å². The molecule has 0 atom stereocenters. The Morgan fingerprint density at radius 3 is 2.68 bits per heavy atom. The number of aliphatic hydroxyl groups excluding tert-OH is 1. The second-order valence-electron chi connectivity index (χ2n) is 6.53. The second-order valence-corrected chi connectivity index (χ2v) is 6.53. The van der Waals surface area contributed by atoms with Crippen LogP contribution in [0.2, 0.25) is 0 Å². The molecular formula is C18H24N2O2. The molecule has 22 heavy (non-hydrogen) atoms. The Hall–Kier alpha value is -1.81. The fourth-order valence-corrected chi connectivity index (χ4v) is 3.33. The van der Waals surface area contributed by atoms with Gasteiger partial charge in [-0.15, -0.1) is 0 Å². The molecule has 0 aliphatic heterocycles. The molecule has 1 aromatic heterocycles. The van der Waals surface area contributed by atoms with E-state index in [1.165, 1.54) is 11.1 Å². The highest BCUT2D eigenvalue weighted by atomic mass is 16.3. The molecule has 1 aliphatic rings. The van der Waals surface area contributed by atoms with Gasteiger partial charge in [0, 0.05) is 23.6 Å². The summed E-state index contributed by atoms with van der Waals surface area (Å²) in [6.45, 7) is 4.44. The van der Waals surface area contributed by atoms with Crippen molar-refractivity contribution in [3.63, 3.8) is 0 Å². The quantitative estimate of drug-likeness (QED) is 0.815. The highest BCUT2D eigenvalue weighted by Gasteiger charge is 2.22. The molecule has 1 fully saturated rings. The maximum atomic E-state index is 12.4. The van der Waals surface area contributed by atoms with E-state index in [2.05, 4.69) is 30.2 Å². The third-order valence-corrected chi connectivity index (χ3v) is 5.03. The number of hydrogen-bond acceptors (Lipinski definition) is 2. The molecule has 1 aliphatic carbocycles. The van der Waals surface area contributed by atoms with Crippen LogP contribution in [0.25, 0.3) is 10.9 Å². The fourth-order valence-electron chi connectivity index (χ4n) is 3.33. The average Bonchev–Trinajstić information content (AvgIpc) is 2.97. The van der Waals surface area contributed by atoms with Gasteiger partial charge in [-0.25, -0.2) is 0 Å². The molecule has 0 radical (unpaired) electrons. The minimum atomic E-state index is -0.0271. The van der Waals surface area contributed by atoms with Gasteiger partial charge in [-0.1, -0.05) is 6.07 Å². The van der Waals surface area contributed by atoms with Crippen molar-refractivity contribution in [1.82, 2.24) is 10.3 Å². The molecule has 1 aromatic carbocycles. The van der Waals surface area contributed by atoms with Gasteiger partial charge >= 0.3 is 0 Å². The lowest BCUT2D eigenvalue weighted by Crippen LogP contribution is -2.38. The average molecular weight is 300 g/mol. The SMILES string of the molecule is Cc1ccc2[nH]c(C(=O)NC3CCC(CO)CC3)cc2c1C. The van der Waals surface area contributed by atoms with Crippen molar-refractivity contribution in [2.24, 2.45) is 5.92 Å². The van der Waals surface area contributed by atoms with E-state index in [1.54, 1.807) is 0 Å². The summed E-state index contributed by atoms with van der Waals surface area (Å²) < 4.78 is 0. The lowest BCUT2D eigenvalue weighted by atomic mass is 9.86. The molecule has 118 valence electrons. The first kappa shape index (κ1) is 15.1. The number of aromatic amines is 1. The number of aryl methyl sites for hydroxylation is 2. The maximum absolute atomic E-state index is 12.4. The van der Waals surface area contributed by atoms with Gasteiger partial charge < -0.3 is 15.4 Å². The Labute approximate surface area is 130 Å². The summed E-state index contributed by atoms with van der Waals surface area (Å²) in [5.41, 5.74) is 4.10. The highest BCUT2D eigenvalue weighted by Crippen LogP contribution is 2.25. The number of nitrogens with one attached hydrogen (secondary N) is 2. The van der Waals surface area contributed by atoms with E-state index >= 15 is 0 Å². The van der Waals surface area contributed by atoms with Crippen LogP contribution in [-0.2, 0) is 0 Å². The number of hydrogen-bond donors (Lipinski definition) is 3. The number of rotatable bonds is 3. The van der Waals surface area contributed by atoms with Crippen LogP contribution in [0.15, 0.2) is 18.2 Å². The fraction of sp³-hybridized carbons (Fsp3) is 0.500. The zero-order valence-corrected chi connectivity index (χ0v) is 13.3. The Morgan fingerprint density at radius 1 is 1.27 bits per heavy atom. The molecule has 2 aromatic rings. The Balaban J connectivity index is 1.72. The summed E-state index contributed by atoms with van der Waals surface area (Å²) in [4.78, 5) is 15.7. The molecule has 0 saturated heterocycles. The van der Waals surface area contributed by atoms with Crippen LogP contribution in [-0.4, -0.2) is 28.6 Å². The zero-order valence-electron chi connectivity index (χ0n) is 13.3.